The number of hydrogen-bond donors (Lipinski definition) is 1. The van der Waals surface area contributed by atoms with Gasteiger partial charge in [-0.25, -0.2) is 0 Å². The number of hydrogen-bond acceptors (Lipinski definition) is 4. The van der Waals surface area contributed by atoms with Gasteiger partial charge in [-0.1, -0.05) is 0 Å². The lowest BCUT2D eigenvalue weighted by molar-refractivity contribution is 0.140. The van der Waals surface area contributed by atoms with Crippen LogP contribution < -0.4 is 4.74 Å². The second kappa shape index (κ2) is 7.34. The van der Waals surface area contributed by atoms with Crippen LogP contribution in [0.25, 0.3) is 0 Å². The maximum absolute atomic E-state index is 9.17. The van der Waals surface area contributed by atoms with Crippen LogP contribution in [-0.4, -0.2) is 40.2 Å². The molecule has 0 radical (unpaired) electrons. The molecule has 0 atom stereocenters. The van der Waals surface area contributed by atoms with Crippen molar-refractivity contribution >= 4 is 0 Å². The van der Waals surface area contributed by atoms with Crippen LogP contribution in [0.2, 0.25) is 0 Å². The molecule has 0 saturated heterocycles. The molecule has 1 heterocycles. The van der Waals surface area contributed by atoms with Crippen LogP contribution in [0.3, 0.4) is 0 Å². The van der Waals surface area contributed by atoms with E-state index in [0.29, 0.717) is 18.7 Å². The van der Waals surface area contributed by atoms with Gasteiger partial charge in [-0.05, 0) is 33.8 Å². The molecular weight excluding hydrogens is 228 g/mol. The maximum atomic E-state index is 9.17. The molecule has 0 fully saturated rings. The van der Waals surface area contributed by atoms with Gasteiger partial charge in [0.1, 0.15) is 12.4 Å². The summed E-state index contributed by atoms with van der Waals surface area (Å²) in [4.78, 5) is 6.34. The Morgan fingerprint density at radius 3 is 2.50 bits per heavy atom. The molecule has 0 aromatic carbocycles. The fourth-order valence-corrected chi connectivity index (χ4v) is 2.05. The van der Waals surface area contributed by atoms with Crippen molar-refractivity contribution in [2.75, 3.05) is 13.2 Å². The van der Waals surface area contributed by atoms with Gasteiger partial charge in [-0.2, -0.15) is 0 Å². The van der Waals surface area contributed by atoms with E-state index >= 15 is 0 Å². The van der Waals surface area contributed by atoms with E-state index in [4.69, 9.17) is 4.74 Å². The number of ether oxygens (including phenoxy) is 1. The fraction of sp³-hybridized carbons (Fsp3) is 0.643. The van der Waals surface area contributed by atoms with Gasteiger partial charge < -0.3 is 9.84 Å². The predicted octanol–water partition coefficient (Wildman–Crippen LogP) is 2.07. The molecule has 1 aromatic heterocycles. The average molecular weight is 252 g/mol. The number of rotatable bonds is 7. The van der Waals surface area contributed by atoms with Gasteiger partial charge in [0.2, 0.25) is 0 Å². The van der Waals surface area contributed by atoms with E-state index < -0.39 is 0 Å². The molecule has 1 aromatic rings. The minimum absolute atomic E-state index is 0.0404. The van der Waals surface area contributed by atoms with Crippen molar-refractivity contribution in [3.63, 3.8) is 0 Å². The molecule has 0 aliphatic heterocycles. The molecule has 4 heteroatoms. The monoisotopic (exact) mass is 252 g/mol. The Balaban J connectivity index is 2.50. The normalized spacial score (nSPS) is 11.6. The summed E-state index contributed by atoms with van der Waals surface area (Å²) < 4.78 is 5.72. The van der Waals surface area contributed by atoms with Gasteiger partial charge >= 0.3 is 0 Å². The lowest BCUT2D eigenvalue weighted by Gasteiger charge is -2.30. The quantitative estimate of drug-likeness (QED) is 0.807. The summed E-state index contributed by atoms with van der Waals surface area (Å²) in [7, 11) is 0. The highest BCUT2D eigenvalue weighted by molar-refractivity contribution is 5.29. The molecule has 0 saturated carbocycles. The van der Waals surface area contributed by atoms with Crippen LogP contribution >= 0.6 is 0 Å². The molecule has 0 bridgehead atoms. The van der Waals surface area contributed by atoms with Crippen LogP contribution in [0.5, 0.6) is 5.75 Å². The van der Waals surface area contributed by atoms with Crippen molar-refractivity contribution in [2.45, 2.75) is 46.4 Å². The van der Waals surface area contributed by atoms with E-state index in [1.54, 1.807) is 18.5 Å². The van der Waals surface area contributed by atoms with E-state index in [1.807, 2.05) is 0 Å². The Morgan fingerprint density at radius 2 is 1.94 bits per heavy atom. The molecule has 1 N–H and O–H groups in total. The third-order valence-electron chi connectivity index (χ3n) is 2.96. The second-order valence-electron chi connectivity index (χ2n) is 4.92. The number of aromatic nitrogens is 1. The Hall–Kier alpha value is -1.13. The molecule has 4 nitrogen and oxygen atoms in total. The number of pyridine rings is 1. The van der Waals surface area contributed by atoms with Gasteiger partial charge in [0.25, 0.3) is 0 Å². The molecule has 0 unspecified atom stereocenters. The third kappa shape index (κ3) is 4.27. The summed E-state index contributed by atoms with van der Waals surface area (Å²) in [5.41, 5.74) is 0.734. The maximum Gasteiger partial charge on any atom is 0.127 e. The zero-order valence-corrected chi connectivity index (χ0v) is 11.8. The first-order chi connectivity index (χ1) is 8.56. The Bertz CT molecular complexity index is 345. The molecule has 18 heavy (non-hydrogen) atoms. The summed E-state index contributed by atoms with van der Waals surface area (Å²) in [6, 6.07) is 2.80. The Labute approximate surface area is 110 Å². The van der Waals surface area contributed by atoms with Gasteiger partial charge in [0, 0.05) is 36.6 Å². The lowest BCUT2D eigenvalue weighted by atomic mass is 10.2. The largest absolute Gasteiger partial charge is 0.492 e. The fourth-order valence-electron chi connectivity index (χ4n) is 2.05. The molecular formula is C14H24N2O2. The smallest absolute Gasteiger partial charge is 0.127 e. The van der Waals surface area contributed by atoms with Crippen molar-refractivity contribution in [1.29, 1.82) is 0 Å². The molecule has 102 valence electrons. The predicted molar refractivity (Wildman–Crippen MR) is 72.6 cm³/mol. The highest BCUT2D eigenvalue weighted by Crippen LogP contribution is 2.16. The minimum atomic E-state index is -0.0404. The summed E-state index contributed by atoms with van der Waals surface area (Å²) in [6.45, 7) is 10.2. The van der Waals surface area contributed by atoms with E-state index in [2.05, 4.69) is 37.6 Å². The third-order valence-corrected chi connectivity index (χ3v) is 2.96. The second-order valence-corrected chi connectivity index (χ2v) is 4.92. The topological polar surface area (TPSA) is 45.6 Å². The van der Waals surface area contributed by atoms with Gasteiger partial charge in [0.05, 0.1) is 6.61 Å². The zero-order chi connectivity index (χ0) is 13.5. The average Bonchev–Trinajstić information content (AvgIpc) is 2.34. The van der Waals surface area contributed by atoms with E-state index in [9.17, 15) is 5.11 Å². The number of nitrogens with zero attached hydrogens (tertiary/aromatic N) is 2. The van der Waals surface area contributed by atoms with E-state index in [-0.39, 0.29) is 6.61 Å². The molecule has 0 spiro atoms. The number of aliphatic hydroxyl groups is 1. The first-order valence-electron chi connectivity index (χ1n) is 6.48. The van der Waals surface area contributed by atoms with Crippen LogP contribution in [0.4, 0.5) is 0 Å². The summed E-state index contributed by atoms with van der Waals surface area (Å²) >= 11 is 0. The van der Waals surface area contributed by atoms with E-state index in [0.717, 1.165) is 17.9 Å². The molecule has 0 aliphatic rings. The SMILES string of the molecule is CC(C)N(CCOc1ccncc1CO)C(C)C. The minimum Gasteiger partial charge on any atom is -0.492 e. The molecule has 0 amide bonds. The lowest BCUT2D eigenvalue weighted by Crippen LogP contribution is -2.39. The van der Waals surface area contributed by atoms with Crippen molar-refractivity contribution in [3.8, 4) is 5.75 Å². The summed E-state index contributed by atoms with van der Waals surface area (Å²) in [6.07, 6.45) is 3.31. The highest BCUT2D eigenvalue weighted by Gasteiger charge is 2.13. The first-order valence-corrected chi connectivity index (χ1v) is 6.48. The standard InChI is InChI=1S/C14H24N2O2/c1-11(2)16(12(3)4)7-8-18-14-5-6-15-9-13(14)10-17/h5-6,9,11-12,17H,7-8,10H2,1-4H3. The zero-order valence-electron chi connectivity index (χ0n) is 11.8. The van der Waals surface area contributed by atoms with Gasteiger partial charge in [-0.3, -0.25) is 9.88 Å². The summed E-state index contributed by atoms with van der Waals surface area (Å²) in [5, 5.41) is 9.17. The Kier molecular flexibility index (Phi) is 6.09. The van der Waals surface area contributed by atoms with E-state index in [1.165, 1.54) is 0 Å². The highest BCUT2D eigenvalue weighted by atomic mass is 16.5. The molecule has 0 aliphatic carbocycles. The summed E-state index contributed by atoms with van der Waals surface area (Å²) in [5.74, 6) is 0.722. The van der Waals surface area contributed by atoms with Crippen LogP contribution in [0, 0.1) is 0 Å². The van der Waals surface area contributed by atoms with Crippen molar-refractivity contribution in [3.05, 3.63) is 24.0 Å². The van der Waals surface area contributed by atoms with Crippen molar-refractivity contribution in [2.24, 2.45) is 0 Å². The molecule has 1 rings (SSSR count). The van der Waals surface area contributed by atoms with Gasteiger partial charge in [-0.15, -0.1) is 0 Å². The first kappa shape index (κ1) is 14.9. The number of aliphatic hydroxyl groups excluding tert-OH is 1. The van der Waals surface area contributed by atoms with Crippen LogP contribution in [0.1, 0.15) is 33.3 Å². The van der Waals surface area contributed by atoms with Crippen molar-refractivity contribution in [1.82, 2.24) is 9.88 Å². The van der Waals surface area contributed by atoms with Gasteiger partial charge in [0.15, 0.2) is 0 Å². The van der Waals surface area contributed by atoms with Crippen LogP contribution in [-0.2, 0) is 6.61 Å². The van der Waals surface area contributed by atoms with Crippen molar-refractivity contribution < 1.29 is 9.84 Å². The Morgan fingerprint density at radius 1 is 1.28 bits per heavy atom. The van der Waals surface area contributed by atoms with Crippen LogP contribution in [0.15, 0.2) is 18.5 Å².